The molecule has 1 fully saturated rings. The van der Waals surface area contributed by atoms with Crippen molar-refractivity contribution in [1.82, 2.24) is 10.2 Å². The zero-order valence-electron chi connectivity index (χ0n) is 13.1. The van der Waals surface area contributed by atoms with Gasteiger partial charge in [-0.2, -0.15) is 0 Å². The van der Waals surface area contributed by atoms with Crippen molar-refractivity contribution in [3.05, 3.63) is 41.7 Å². The van der Waals surface area contributed by atoms with Crippen LogP contribution in [0.15, 0.2) is 30.3 Å². The first kappa shape index (κ1) is 16.6. The van der Waals surface area contributed by atoms with Crippen LogP contribution >= 0.6 is 0 Å². The van der Waals surface area contributed by atoms with Crippen molar-refractivity contribution >= 4 is 12.0 Å². The Balaban J connectivity index is 1.83. The molecule has 4 nitrogen and oxygen atoms in total. The topological polar surface area (TPSA) is 41.6 Å². The van der Waals surface area contributed by atoms with Gasteiger partial charge in [0.2, 0.25) is 5.91 Å². The molecule has 0 bridgehead atoms. The number of hydrogen-bond acceptors (Lipinski definition) is 3. The van der Waals surface area contributed by atoms with E-state index < -0.39 is 0 Å². The molecule has 1 N–H and O–H groups in total. The first-order chi connectivity index (χ1) is 10.6. The molecule has 0 aliphatic carbocycles. The Morgan fingerprint density at radius 1 is 1.27 bits per heavy atom. The summed E-state index contributed by atoms with van der Waals surface area (Å²) in [6.45, 7) is 7.40. The molecule has 1 aliphatic heterocycles. The summed E-state index contributed by atoms with van der Waals surface area (Å²) in [5, 5.41) is 2.98. The van der Waals surface area contributed by atoms with Crippen LogP contribution < -0.4 is 5.32 Å². The Bertz CT molecular complexity index is 510. The van der Waals surface area contributed by atoms with Gasteiger partial charge in [0, 0.05) is 31.2 Å². The predicted octanol–water partition coefficient (Wildman–Crippen LogP) is 2.06. The van der Waals surface area contributed by atoms with Crippen LogP contribution in [0.25, 0.3) is 6.08 Å². The molecule has 2 rings (SSSR count). The average molecular weight is 306 g/mol. The molecule has 0 radical (unpaired) electrons. The van der Waals surface area contributed by atoms with Crippen LogP contribution in [0.1, 0.15) is 19.4 Å². The number of morpholine rings is 1. The average Bonchev–Trinajstić information content (AvgIpc) is 2.54. The first-order valence-corrected chi connectivity index (χ1v) is 7.62. The molecular weight excluding hydrogens is 283 g/mol. The lowest BCUT2D eigenvalue weighted by Crippen LogP contribution is -2.51. The highest BCUT2D eigenvalue weighted by molar-refractivity contribution is 5.91. The number of carbonyl (C=O) groups is 1. The van der Waals surface area contributed by atoms with Gasteiger partial charge in [0.15, 0.2) is 0 Å². The molecule has 120 valence electrons. The summed E-state index contributed by atoms with van der Waals surface area (Å²) in [6.07, 6.45) is 3.16. The van der Waals surface area contributed by atoms with E-state index in [2.05, 4.69) is 17.1 Å². The summed E-state index contributed by atoms with van der Waals surface area (Å²) in [4.78, 5) is 14.3. The Morgan fingerprint density at radius 3 is 2.55 bits per heavy atom. The molecule has 0 saturated carbocycles. The summed E-state index contributed by atoms with van der Waals surface area (Å²) in [6, 6.07) is 6.33. The molecule has 1 saturated heterocycles. The fourth-order valence-corrected chi connectivity index (χ4v) is 2.44. The van der Waals surface area contributed by atoms with E-state index in [4.69, 9.17) is 4.74 Å². The quantitative estimate of drug-likeness (QED) is 0.847. The van der Waals surface area contributed by atoms with Crippen molar-refractivity contribution in [3.8, 4) is 0 Å². The van der Waals surface area contributed by atoms with Crippen molar-refractivity contribution in [2.24, 2.45) is 0 Å². The Morgan fingerprint density at radius 2 is 1.91 bits per heavy atom. The van der Waals surface area contributed by atoms with Crippen LogP contribution in [-0.4, -0.2) is 49.2 Å². The van der Waals surface area contributed by atoms with Crippen LogP contribution in [-0.2, 0) is 9.53 Å². The zero-order valence-corrected chi connectivity index (χ0v) is 13.1. The second-order valence-corrected chi connectivity index (χ2v) is 5.57. The number of ether oxygens (including phenoxy) is 1. The standard InChI is InChI=1S/C17H23FN2O2/c1-13(14(2)20-9-11-22-12-10-20)19-17(21)8-5-15-3-6-16(18)7-4-15/h3-8,13-14H,9-12H2,1-2H3,(H,19,21). The second kappa shape index (κ2) is 8.06. The van der Waals surface area contributed by atoms with E-state index in [1.165, 1.54) is 18.2 Å². The van der Waals surface area contributed by atoms with E-state index in [0.717, 1.165) is 31.9 Å². The SMILES string of the molecule is CC(NC(=O)C=Cc1ccc(F)cc1)C(C)N1CCOCC1. The van der Waals surface area contributed by atoms with Crippen LogP contribution in [0.5, 0.6) is 0 Å². The molecule has 1 amide bonds. The highest BCUT2D eigenvalue weighted by Gasteiger charge is 2.22. The maximum absolute atomic E-state index is 12.8. The van der Waals surface area contributed by atoms with Gasteiger partial charge in [-0.05, 0) is 37.6 Å². The maximum atomic E-state index is 12.8. The summed E-state index contributed by atoms with van der Waals surface area (Å²) >= 11 is 0. The number of amides is 1. The smallest absolute Gasteiger partial charge is 0.244 e. The monoisotopic (exact) mass is 306 g/mol. The number of carbonyl (C=O) groups excluding carboxylic acids is 1. The number of rotatable bonds is 5. The maximum Gasteiger partial charge on any atom is 0.244 e. The van der Waals surface area contributed by atoms with Gasteiger partial charge in [0.25, 0.3) is 0 Å². The minimum absolute atomic E-state index is 0.0449. The van der Waals surface area contributed by atoms with E-state index in [0.29, 0.717) is 0 Å². The minimum Gasteiger partial charge on any atom is -0.379 e. The zero-order chi connectivity index (χ0) is 15.9. The lowest BCUT2D eigenvalue weighted by atomic mass is 10.1. The summed E-state index contributed by atoms with van der Waals surface area (Å²) in [5.74, 6) is -0.425. The van der Waals surface area contributed by atoms with Crippen molar-refractivity contribution in [2.45, 2.75) is 25.9 Å². The highest BCUT2D eigenvalue weighted by atomic mass is 19.1. The number of nitrogens with zero attached hydrogens (tertiary/aromatic N) is 1. The van der Waals surface area contributed by atoms with Gasteiger partial charge in [-0.25, -0.2) is 4.39 Å². The van der Waals surface area contributed by atoms with Gasteiger partial charge in [-0.3, -0.25) is 9.69 Å². The summed E-state index contributed by atoms with van der Waals surface area (Å²) in [5.41, 5.74) is 0.797. The van der Waals surface area contributed by atoms with E-state index >= 15 is 0 Å². The molecular formula is C17H23FN2O2. The predicted molar refractivity (Wildman–Crippen MR) is 84.9 cm³/mol. The fourth-order valence-electron chi connectivity index (χ4n) is 2.44. The molecule has 22 heavy (non-hydrogen) atoms. The van der Waals surface area contributed by atoms with Gasteiger partial charge in [-0.15, -0.1) is 0 Å². The third-order valence-corrected chi connectivity index (χ3v) is 4.01. The molecule has 0 spiro atoms. The largest absolute Gasteiger partial charge is 0.379 e. The van der Waals surface area contributed by atoms with Crippen molar-refractivity contribution in [2.75, 3.05) is 26.3 Å². The van der Waals surface area contributed by atoms with Gasteiger partial charge in [-0.1, -0.05) is 12.1 Å². The molecule has 5 heteroatoms. The Labute approximate surface area is 131 Å². The number of nitrogens with one attached hydrogen (secondary N) is 1. The summed E-state index contributed by atoms with van der Waals surface area (Å²) in [7, 11) is 0. The van der Waals surface area contributed by atoms with E-state index in [-0.39, 0.29) is 23.8 Å². The normalized spacial score (nSPS) is 19.0. The Kier molecular flexibility index (Phi) is 6.10. The minimum atomic E-state index is -0.283. The van der Waals surface area contributed by atoms with Crippen molar-refractivity contribution in [1.29, 1.82) is 0 Å². The second-order valence-electron chi connectivity index (χ2n) is 5.57. The third kappa shape index (κ3) is 4.93. The summed E-state index contributed by atoms with van der Waals surface area (Å²) < 4.78 is 18.1. The lowest BCUT2D eigenvalue weighted by molar-refractivity contribution is -0.117. The van der Waals surface area contributed by atoms with Gasteiger partial charge >= 0.3 is 0 Å². The molecule has 2 unspecified atom stereocenters. The van der Waals surface area contributed by atoms with Crippen LogP contribution in [0.3, 0.4) is 0 Å². The number of hydrogen-bond donors (Lipinski definition) is 1. The molecule has 2 atom stereocenters. The van der Waals surface area contributed by atoms with Gasteiger partial charge in [0.05, 0.1) is 13.2 Å². The first-order valence-electron chi connectivity index (χ1n) is 7.62. The van der Waals surface area contributed by atoms with E-state index in [1.807, 2.05) is 6.92 Å². The molecule has 1 aromatic rings. The number of benzene rings is 1. The number of halogens is 1. The van der Waals surface area contributed by atoms with Gasteiger partial charge in [0.1, 0.15) is 5.82 Å². The van der Waals surface area contributed by atoms with Crippen LogP contribution in [0, 0.1) is 5.82 Å². The fraction of sp³-hybridized carbons (Fsp3) is 0.471. The third-order valence-electron chi connectivity index (χ3n) is 4.01. The van der Waals surface area contributed by atoms with Crippen molar-refractivity contribution < 1.29 is 13.9 Å². The Hall–Kier alpha value is -1.72. The molecule has 1 aromatic carbocycles. The highest BCUT2D eigenvalue weighted by Crippen LogP contribution is 2.08. The molecule has 0 aromatic heterocycles. The van der Waals surface area contributed by atoms with Crippen LogP contribution in [0.4, 0.5) is 4.39 Å². The molecule has 1 heterocycles. The van der Waals surface area contributed by atoms with E-state index in [9.17, 15) is 9.18 Å². The van der Waals surface area contributed by atoms with E-state index in [1.54, 1.807) is 18.2 Å². The molecule has 1 aliphatic rings. The lowest BCUT2D eigenvalue weighted by Gasteiger charge is -2.35. The van der Waals surface area contributed by atoms with Gasteiger partial charge < -0.3 is 10.1 Å². The van der Waals surface area contributed by atoms with Crippen LogP contribution in [0.2, 0.25) is 0 Å². The van der Waals surface area contributed by atoms with Crippen molar-refractivity contribution in [3.63, 3.8) is 0 Å².